The number of carbonyl (C=O) groups is 4. The SMILES string of the molecule is C=PCC(=O)OC(C(=O)O)C(OC(=O)[P+](=C)C)C(=O)O. The summed E-state index contributed by atoms with van der Waals surface area (Å²) in [5.41, 5.74) is -0.954. The zero-order valence-corrected chi connectivity index (χ0v) is 12.3. The lowest BCUT2D eigenvalue weighted by atomic mass is 10.2. The summed E-state index contributed by atoms with van der Waals surface area (Å²) in [6.07, 6.45) is 2.26. The van der Waals surface area contributed by atoms with Crippen molar-refractivity contribution in [3.63, 3.8) is 0 Å². The highest BCUT2D eigenvalue weighted by atomic mass is 31.1. The predicted octanol–water partition coefficient (Wildman–Crippen LogP) is 0.495. The van der Waals surface area contributed by atoms with Crippen LogP contribution in [-0.4, -0.2) is 71.5 Å². The maximum Gasteiger partial charge on any atom is 0.510 e. The second-order valence-corrected chi connectivity index (χ2v) is 6.00. The highest BCUT2D eigenvalue weighted by Gasteiger charge is 2.42. The van der Waals surface area contributed by atoms with Crippen LogP contribution in [0, 0.1) is 0 Å². The van der Waals surface area contributed by atoms with Crippen molar-refractivity contribution in [3.8, 4) is 0 Å². The average molecular weight is 323 g/mol. The lowest BCUT2D eigenvalue weighted by Gasteiger charge is -2.18. The fourth-order valence-electron chi connectivity index (χ4n) is 0.952. The van der Waals surface area contributed by atoms with Crippen molar-refractivity contribution < 1.29 is 38.9 Å². The van der Waals surface area contributed by atoms with E-state index in [1.54, 1.807) is 0 Å². The Labute approximate surface area is 116 Å². The number of ether oxygens (including phenoxy) is 2. The van der Waals surface area contributed by atoms with Gasteiger partial charge in [0.1, 0.15) is 6.66 Å². The average Bonchev–Trinajstić information content (AvgIpc) is 2.32. The van der Waals surface area contributed by atoms with Crippen LogP contribution in [-0.2, 0) is 23.9 Å². The first-order valence-corrected chi connectivity index (χ1v) is 8.27. The molecule has 0 bridgehead atoms. The monoisotopic (exact) mass is 323 g/mol. The van der Waals surface area contributed by atoms with E-state index in [0.717, 1.165) is 0 Å². The van der Waals surface area contributed by atoms with E-state index in [2.05, 4.69) is 22.1 Å². The first-order valence-electron chi connectivity index (χ1n) is 5.03. The molecule has 0 rings (SSSR count). The summed E-state index contributed by atoms with van der Waals surface area (Å²) in [5.74, 6) is -4.42. The molecule has 0 aliphatic rings. The molecule has 0 aliphatic carbocycles. The van der Waals surface area contributed by atoms with E-state index in [9.17, 15) is 19.2 Å². The molecule has 0 amide bonds. The molecule has 2 N–H and O–H groups in total. The minimum absolute atomic E-state index is 0.208. The van der Waals surface area contributed by atoms with Crippen LogP contribution in [0.2, 0.25) is 0 Å². The number of esters is 1. The molecule has 0 aromatic heterocycles. The maximum absolute atomic E-state index is 11.3. The molecule has 8 nitrogen and oxygen atoms in total. The van der Waals surface area contributed by atoms with Gasteiger partial charge in [-0.2, -0.15) is 4.79 Å². The topological polar surface area (TPSA) is 127 Å². The van der Waals surface area contributed by atoms with Gasteiger partial charge in [-0.15, -0.1) is 8.20 Å². The standard InChI is InChI=1S/C10H12O8P2/c1-19-4-5(11)17-6(8(12)13)7(9(14)15)18-10(16)20(2)3/h6-7H,1-2,4H2,3H3,(H-,12,13,14,15)/p+1. The zero-order valence-electron chi connectivity index (χ0n) is 10.5. The van der Waals surface area contributed by atoms with Gasteiger partial charge in [0.2, 0.25) is 19.8 Å². The molecule has 0 fully saturated rings. The van der Waals surface area contributed by atoms with Gasteiger partial charge >= 0.3 is 23.6 Å². The summed E-state index contributed by atoms with van der Waals surface area (Å²) in [7, 11) is -1.13. The highest BCUT2D eigenvalue weighted by Crippen LogP contribution is 2.20. The predicted molar refractivity (Wildman–Crippen MR) is 74.3 cm³/mol. The molecular formula is C10H13O8P2+. The van der Waals surface area contributed by atoms with E-state index in [-0.39, 0.29) is 6.16 Å². The summed E-state index contributed by atoms with van der Waals surface area (Å²) >= 11 is 0. The minimum atomic E-state index is -2.13. The molecule has 0 saturated carbocycles. The van der Waals surface area contributed by atoms with E-state index in [4.69, 9.17) is 10.2 Å². The smallest absolute Gasteiger partial charge is 0.478 e. The summed E-state index contributed by atoms with van der Waals surface area (Å²) in [4.78, 5) is 44.5. The molecular weight excluding hydrogens is 310 g/mol. The Hall–Kier alpha value is -1.78. The maximum atomic E-state index is 11.3. The Morgan fingerprint density at radius 3 is 1.95 bits per heavy atom. The van der Waals surface area contributed by atoms with Gasteiger partial charge < -0.3 is 19.7 Å². The number of hydrogen-bond acceptors (Lipinski definition) is 6. The third kappa shape index (κ3) is 5.91. The van der Waals surface area contributed by atoms with Crippen molar-refractivity contribution in [1.29, 1.82) is 0 Å². The Morgan fingerprint density at radius 1 is 1.15 bits per heavy atom. The molecule has 0 heterocycles. The second-order valence-electron chi connectivity index (χ2n) is 3.47. The van der Waals surface area contributed by atoms with Gasteiger partial charge in [-0.05, 0) is 0 Å². The van der Waals surface area contributed by atoms with Crippen LogP contribution in [0.3, 0.4) is 0 Å². The van der Waals surface area contributed by atoms with Crippen molar-refractivity contribution in [2.45, 2.75) is 12.2 Å². The Kier molecular flexibility index (Phi) is 7.65. The molecule has 0 radical (unpaired) electrons. The minimum Gasteiger partial charge on any atom is -0.478 e. The van der Waals surface area contributed by atoms with Crippen molar-refractivity contribution >= 4 is 52.0 Å². The Morgan fingerprint density at radius 2 is 1.60 bits per heavy atom. The van der Waals surface area contributed by atoms with Crippen LogP contribution in [0.5, 0.6) is 0 Å². The first-order chi connectivity index (χ1) is 9.20. The van der Waals surface area contributed by atoms with Gasteiger partial charge in [-0.1, -0.05) is 6.30 Å². The quantitative estimate of drug-likeness (QED) is 0.488. The Balaban J connectivity index is 5.15. The van der Waals surface area contributed by atoms with Crippen molar-refractivity contribution in [1.82, 2.24) is 0 Å². The lowest BCUT2D eigenvalue weighted by Crippen LogP contribution is -2.45. The molecule has 3 unspecified atom stereocenters. The second kappa shape index (κ2) is 8.40. The van der Waals surface area contributed by atoms with Gasteiger partial charge in [-0.25, -0.2) is 9.59 Å². The van der Waals surface area contributed by atoms with E-state index >= 15 is 0 Å². The van der Waals surface area contributed by atoms with Crippen molar-refractivity contribution in [2.75, 3.05) is 12.8 Å². The first kappa shape index (κ1) is 18.2. The van der Waals surface area contributed by atoms with Crippen LogP contribution in [0.15, 0.2) is 0 Å². The number of hydrogen-bond donors (Lipinski definition) is 2. The van der Waals surface area contributed by atoms with E-state index < -0.39 is 43.4 Å². The van der Waals surface area contributed by atoms with E-state index in [1.807, 2.05) is 0 Å². The van der Waals surface area contributed by atoms with Gasteiger partial charge in [0.15, 0.2) is 0 Å². The summed E-state index contributed by atoms with van der Waals surface area (Å²) in [6.45, 7) is 1.40. The molecule has 20 heavy (non-hydrogen) atoms. The third-order valence-electron chi connectivity index (χ3n) is 1.80. The third-order valence-corrected chi connectivity index (χ3v) is 3.01. The number of aliphatic carboxylic acids is 2. The molecule has 110 valence electrons. The van der Waals surface area contributed by atoms with Crippen LogP contribution >= 0.6 is 15.7 Å². The molecule has 10 heteroatoms. The highest BCUT2D eigenvalue weighted by molar-refractivity contribution is 7.71. The van der Waals surface area contributed by atoms with E-state index in [1.165, 1.54) is 6.66 Å². The molecule has 3 atom stereocenters. The van der Waals surface area contributed by atoms with Crippen LogP contribution in [0.25, 0.3) is 0 Å². The van der Waals surface area contributed by atoms with Gasteiger partial charge in [0.05, 0.1) is 12.5 Å². The van der Waals surface area contributed by atoms with Crippen molar-refractivity contribution in [2.24, 2.45) is 0 Å². The molecule has 0 aliphatic heterocycles. The van der Waals surface area contributed by atoms with Gasteiger partial charge in [0.25, 0.3) is 0 Å². The normalized spacial score (nSPS) is 13.9. The van der Waals surface area contributed by atoms with Crippen LogP contribution < -0.4 is 0 Å². The summed E-state index contributed by atoms with van der Waals surface area (Å²) in [5, 5.41) is 17.8. The molecule has 0 aromatic rings. The number of rotatable bonds is 8. The van der Waals surface area contributed by atoms with Gasteiger partial charge in [-0.3, -0.25) is 4.79 Å². The molecule has 0 spiro atoms. The number of carboxylic acids is 2. The summed E-state index contributed by atoms with van der Waals surface area (Å²) < 4.78 is 9.03. The molecule has 0 aromatic carbocycles. The largest absolute Gasteiger partial charge is 0.510 e. The fraction of sp³-hybridized carbons (Fsp3) is 0.400. The molecule has 0 saturated heterocycles. The number of carbonyl (C=O) groups excluding carboxylic acids is 2. The summed E-state index contributed by atoms with van der Waals surface area (Å²) in [6, 6.07) is 0. The van der Waals surface area contributed by atoms with Crippen LogP contribution in [0.1, 0.15) is 0 Å². The number of carboxylic acid groups (broad SMARTS) is 2. The van der Waals surface area contributed by atoms with Crippen LogP contribution in [0.4, 0.5) is 4.79 Å². The van der Waals surface area contributed by atoms with E-state index in [0.29, 0.717) is 8.20 Å². The van der Waals surface area contributed by atoms with Gasteiger partial charge in [0, 0.05) is 0 Å². The zero-order chi connectivity index (χ0) is 15.9. The lowest BCUT2D eigenvalue weighted by molar-refractivity contribution is -0.176. The fourth-order valence-corrected chi connectivity index (χ4v) is 1.50. The Bertz CT molecular complexity index is 458. The van der Waals surface area contributed by atoms with Crippen molar-refractivity contribution in [3.05, 3.63) is 0 Å².